The van der Waals surface area contributed by atoms with Gasteiger partial charge in [-0.05, 0) is 6.42 Å². The number of hydrogen-bond acceptors (Lipinski definition) is 3. The molecule has 3 heteroatoms. The van der Waals surface area contributed by atoms with Gasteiger partial charge in [0.2, 0.25) is 0 Å². The van der Waals surface area contributed by atoms with E-state index in [1.165, 1.54) is 51.4 Å². The normalized spacial score (nSPS) is 18.2. The third kappa shape index (κ3) is 7.66. The van der Waals surface area contributed by atoms with Gasteiger partial charge in [0.15, 0.2) is 11.9 Å². The molecular weight excluding hydrogens is 252 g/mol. The fraction of sp³-hybridized carbons (Fsp3) is 0.882. The summed E-state index contributed by atoms with van der Waals surface area (Å²) in [5.74, 6) is -0.0955. The van der Waals surface area contributed by atoms with Crippen LogP contribution in [0.5, 0.6) is 0 Å². The molecule has 0 N–H and O–H groups in total. The summed E-state index contributed by atoms with van der Waals surface area (Å²) in [6, 6.07) is 0. The minimum atomic E-state index is -0.430. The molecular formula is C17H30O3. The number of Topliss-reactive ketones (excluding diaryl/α,β-unsaturated/α-hetero) is 1. The van der Waals surface area contributed by atoms with Gasteiger partial charge in [0, 0.05) is 19.3 Å². The van der Waals surface area contributed by atoms with Gasteiger partial charge in [-0.2, -0.15) is 0 Å². The molecule has 1 atom stereocenters. The topological polar surface area (TPSA) is 43.4 Å². The smallest absolute Gasteiger partial charge is 0.306 e. The molecule has 0 amide bonds. The Morgan fingerprint density at radius 1 is 1.00 bits per heavy atom. The lowest BCUT2D eigenvalue weighted by Gasteiger charge is -2.07. The van der Waals surface area contributed by atoms with E-state index in [9.17, 15) is 9.59 Å². The van der Waals surface area contributed by atoms with E-state index in [1.807, 2.05) is 0 Å². The number of carbonyl (C=O) groups excluding carboxylic acids is 2. The summed E-state index contributed by atoms with van der Waals surface area (Å²) in [5, 5.41) is 0. The highest BCUT2D eigenvalue weighted by atomic mass is 16.6. The van der Waals surface area contributed by atoms with Crippen LogP contribution in [-0.2, 0) is 14.3 Å². The number of hydrogen-bond donors (Lipinski definition) is 0. The van der Waals surface area contributed by atoms with E-state index in [-0.39, 0.29) is 11.8 Å². The van der Waals surface area contributed by atoms with Crippen molar-refractivity contribution in [2.75, 3.05) is 0 Å². The molecule has 1 saturated heterocycles. The molecule has 1 rings (SSSR count). The van der Waals surface area contributed by atoms with Crippen molar-refractivity contribution in [1.82, 2.24) is 0 Å². The van der Waals surface area contributed by atoms with E-state index in [0.29, 0.717) is 19.3 Å². The second kappa shape index (κ2) is 10.9. The Morgan fingerprint density at radius 3 is 2.05 bits per heavy atom. The first-order valence-electron chi connectivity index (χ1n) is 8.46. The van der Waals surface area contributed by atoms with Crippen LogP contribution >= 0.6 is 0 Å². The van der Waals surface area contributed by atoms with Crippen LogP contribution in [0.3, 0.4) is 0 Å². The van der Waals surface area contributed by atoms with Crippen LogP contribution in [0.1, 0.15) is 90.4 Å². The van der Waals surface area contributed by atoms with Gasteiger partial charge in [-0.15, -0.1) is 0 Å². The molecule has 1 aliphatic heterocycles. The number of esters is 1. The summed E-state index contributed by atoms with van der Waals surface area (Å²) < 4.78 is 4.98. The molecule has 1 fully saturated rings. The molecule has 0 saturated carbocycles. The Hall–Kier alpha value is -0.860. The molecule has 1 aliphatic rings. The number of cyclic esters (lactones) is 1. The summed E-state index contributed by atoms with van der Waals surface area (Å²) in [6.45, 7) is 2.24. The highest BCUT2D eigenvalue weighted by Gasteiger charge is 2.28. The van der Waals surface area contributed by atoms with Crippen LogP contribution < -0.4 is 0 Å². The number of carbonyl (C=O) groups is 2. The highest BCUT2D eigenvalue weighted by molar-refractivity contribution is 5.87. The maximum absolute atomic E-state index is 11.7. The molecule has 3 nitrogen and oxygen atoms in total. The largest absolute Gasteiger partial charge is 0.454 e. The lowest BCUT2D eigenvalue weighted by molar-refractivity contribution is -0.147. The Kier molecular flexibility index (Phi) is 9.35. The predicted octanol–water partition coefficient (Wildman–Crippen LogP) is 4.57. The molecule has 0 bridgehead atoms. The molecule has 1 heterocycles. The predicted molar refractivity (Wildman–Crippen MR) is 80.6 cm³/mol. The molecule has 0 aromatic carbocycles. The Balaban J connectivity index is 1.85. The quantitative estimate of drug-likeness (QED) is 0.389. The lowest BCUT2D eigenvalue weighted by Crippen LogP contribution is -2.19. The highest BCUT2D eigenvalue weighted by Crippen LogP contribution is 2.18. The first kappa shape index (κ1) is 17.2. The number of rotatable bonds is 12. The van der Waals surface area contributed by atoms with Crippen molar-refractivity contribution in [2.24, 2.45) is 0 Å². The third-order valence-corrected chi connectivity index (χ3v) is 4.02. The summed E-state index contributed by atoms with van der Waals surface area (Å²) in [6.07, 6.45) is 13.9. The van der Waals surface area contributed by atoms with Crippen molar-refractivity contribution in [3.05, 3.63) is 0 Å². The van der Waals surface area contributed by atoms with Gasteiger partial charge in [0.25, 0.3) is 0 Å². The van der Waals surface area contributed by atoms with Crippen LogP contribution in [0.4, 0.5) is 0 Å². The molecule has 0 aromatic heterocycles. The molecule has 0 unspecified atom stereocenters. The Bertz CT molecular complexity index is 286. The Morgan fingerprint density at radius 2 is 1.55 bits per heavy atom. The average molecular weight is 282 g/mol. The van der Waals surface area contributed by atoms with E-state index < -0.39 is 6.10 Å². The van der Waals surface area contributed by atoms with Gasteiger partial charge in [-0.3, -0.25) is 9.59 Å². The first-order chi connectivity index (χ1) is 9.74. The maximum atomic E-state index is 11.7. The molecule has 0 radical (unpaired) electrons. The van der Waals surface area contributed by atoms with Crippen molar-refractivity contribution in [3.8, 4) is 0 Å². The van der Waals surface area contributed by atoms with Crippen LogP contribution in [0.15, 0.2) is 0 Å². The van der Waals surface area contributed by atoms with E-state index >= 15 is 0 Å². The minimum absolute atomic E-state index is 0.121. The summed E-state index contributed by atoms with van der Waals surface area (Å²) in [7, 11) is 0. The number of unbranched alkanes of at least 4 members (excludes halogenated alkanes) is 9. The number of ketones is 1. The second-order valence-corrected chi connectivity index (χ2v) is 5.92. The van der Waals surface area contributed by atoms with Gasteiger partial charge >= 0.3 is 5.97 Å². The summed E-state index contributed by atoms with van der Waals surface area (Å²) in [4.78, 5) is 22.7. The molecule has 0 aliphatic carbocycles. The van der Waals surface area contributed by atoms with Gasteiger partial charge in [0.1, 0.15) is 0 Å². The zero-order chi connectivity index (χ0) is 14.6. The van der Waals surface area contributed by atoms with E-state index in [1.54, 1.807) is 0 Å². The monoisotopic (exact) mass is 282 g/mol. The van der Waals surface area contributed by atoms with E-state index in [2.05, 4.69) is 6.92 Å². The molecule has 0 spiro atoms. The third-order valence-electron chi connectivity index (χ3n) is 4.02. The van der Waals surface area contributed by atoms with Crippen molar-refractivity contribution >= 4 is 11.8 Å². The van der Waals surface area contributed by atoms with E-state index in [4.69, 9.17) is 4.74 Å². The van der Waals surface area contributed by atoms with Crippen LogP contribution in [0.2, 0.25) is 0 Å². The standard InChI is InChI=1S/C17H30O3/c1-2-3-4-5-6-7-8-9-10-11-12-15(18)16-13-14-17(19)20-16/h16H,2-14H2,1H3/t16-/m0/s1. The molecule has 20 heavy (non-hydrogen) atoms. The first-order valence-corrected chi connectivity index (χ1v) is 8.46. The molecule has 0 aromatic rings. The van der Waals surface area contributed by atoms with Crippen molar-refractivity contribution < 1.29 is 14.3 Å². The summed E-state index contributed by atoms with van der Waals surface area (Å²) in [5.41, 5.74) is 0. The van der Waals surface area contributed by atoms with Crippen LogP contribution in [0.25, 0.3) is 0 Å². The lowest BCUT2D eigenvalue weighted by atomic mass is 10.0. The Labute approximate surface area is 123 Å². The van der Waals surface area contributed by atoms with Crippen molar-refractivity contribution in [1.29, 1.82) is 0 Å². The van der Waals surface area contributed by atoms with Crippen LogP contribution in [0, 0.1) is 0 Å². The fourth-order valence-electron chi connectivity index (χ4n) is 2.70. The maximum Gasteiger partial charge on any atom is 0.306 e. The van der Waals surface area contributed by atoms with Crippen LogP contribution in [-0.4, -0.2) is 17.9 Å². The number of ether oxygens (including phenoxy) is 1. The zero-order valence-corrected chi connectivity index (χ0v) is 13.0. The fourth-order valence-corrected chi connectivity index (χ4v) is 2.70. The summed E-state index contributed by atoms with van der Waals surface area (Å²) >= 11 is 0. The zero-order valence-electron chi connectivity index (χ0n) is 13.0. The van der Waals surface area contributed by atoms with Gasteiger partial charge in [-0.1, -0.05) is 64.7 Å². The van der Waals surface area contributed by atoms with Gasteiger partial charge in [-0.25, -0.2) is 0 Å². The van der Waals surface area contributed by atoms with Crippen molar-refractivity contribution in [3.63, 3.8) is 0 Å². The van der Waals surface area contributed by atoms with E-state index in [0.717, 1.165) is 12.8 Å². The van der Waals surface area contributed by atoms with Gasteiger partial charge in [0.05, 0.1) is 0 Å². The molecule has 116 valence electrons. The van der Waals surface area contributed by atoms with Gasteiger partial charge < -0.3 is 4.74 Å². The average Bonchev–Trinajstić information content (AvgIpc) is 2.87. The minimum Gasteiger partial charge on any atom is -0.454 e. The SMILES string of the molecule is CCCCCCCCCCCCC(=O)[C@@H]1CCC(=O)O1. The van der Waals surface area contributed by atoms with Crippen molar-refractivity contribution in [2.45, 2.75) is 96.5 Å². The second-order valence-electron chi connectivity index (χ2n) is 5.92.